The molecule has 0 aliphatic rings. The van der Waals surface area contributed by atoms with Crippen LogP contribution in [0.1, 0.15) is 18.2 Å². The van der Waals surface area contributed by atoms with Crippen molar-refractivity contribution in [1.29, 1.82) is 0 Å². The normalized spacial score (nSPS) is 13.8. The molecule has 1 unspecified atom stereocenters. The number of aromatic nitrogens is 1. The fourth-order valence-corrected chi connectivity index (χ4v) is 1.74. The van der Waals surface area contributed by atoms with Crippen LogP contribution in [0.3, 0.4) is 0 Å². The lowest BCUT2D eigenvalue weighted by molar-refractivity contribution is -0.147. The lowest BCUT2D eigenvalue weighted by Gasteiger charge is -2.24. The molecule has 114 valence electrons. The van der Waals surface area contributed by atoms with Crippen molar-refractivity contribution in [2.24, 2.45) is 5.73 Å². The van der Waals surface area contributed by atoms with Crippen LogP contribution in [0.25, 0.3) is 0 Å². The first kappa shape index (κ1) is 16.8. The van der Waals surface area contributed by atoms with Crippen molar-refractivity contribution in [2.75, 3.05) is 26.2 Å². The summed E-state index contributed by atoms with van der Waals surface area (Å²) in [5.74, 6) is -0.500. The number of hydrogen-bond donors (Lipinski definition) is 2. The van der Waals surface area contributed by atoms with E-state index < -0.39 is 24.6 Å². The number of hydrogen-bond acceptors (Lipinski definition) is 4. The molecule has 0 bridgehead atoms. The number of alkyl halides is 3. The molecule has 4 nitrogen and oxygen atoms in total. The van der Waals surface area contributed by atoms with Crippen LogP contribution in [0.4, 0.5) is 17.6 Å². The minimum absolute atomic E-state index is 0.0697. The van der Waals surface area contributed by atoms with Gasteiger partial charge in [-0.25, -0.2) is 4.39 Å². The fourth-order valence-electron chi connectivity index (χ4n) is 1.74. The summed E-state index contributed by atoms with van der Waals surface area (Å²) < 4.78 is 49.6. The molecular formula is C12H17F4N3O. The zero-order valence-corrected chi connectivity index (χ0v) is 10.8. The zero-order valence-electron chi connectivity index (χ0n) is 10.8. The predicted molar refractivity (Wildman–Crippen MR) is 65.3 cm³/mol. The maximum absolute atomic E-state index is 12.7. The number of pyridine rings is 1. The van der Waals surface area contributed by atoms with Gasteiger partial charge in [0.25, 0.3) is 0 Å². The van der Waals surface area contributed by atoms with Crippen molar-refractivity contribution in [3.05, 3.63) is 29.8 Å². The molecule has 0 radical (unpaired) electrons. The molecule has 0 saturated carbocycles. The number of rotatable bonds is 7. The number of aliphatic hydroxyl groups excluding tert-OH is 1. The van der Waals surface area contributed by atoms with Gasteiger partial charge in [0.15, 0.2) is 0 Å². The van der Waals surface area contributed by atoms with Crippen LogP contribution in [0.15, 0.2) is 18.3 Å². The second kappa shape index (κ2) is 7.51. The van der Waals surface area contributed by atoms with Gasteiger partial charge < -0.3 is 10.8 Å². The van der Waals surface area contributed by atoms with E-state index in [1.807, 2.05) is 0 Å². The first-order chi connectivity index (χ1) is 9.31. The Morgan fingerprint density at radius 1 is 1.30 bits per heavy atom. The van der Waals surface area contributed by atoms with E-state index in [0.717, 1.165) is 11.1 Å². The van der Waals surface area contributed by atoms with Gasteiger partial charge >= 0.3 is 6.18 Å². The summed E-state index contributed by atoms with van der Waals surface area (Å²) in [4.78, 5) is 4.86. The highest BCUT2D eigenvalue weighted by atomic mass is 19.4. The van der Waals surface area contributed by atoms with Crippen molar-refractivity contribution < 1.29 is 22.7 Å². The SMILES string of the molecule is NC(CCN(CCO)CC(F)(F)F)c1ccc(F)cn1. The predicted octanol–water partition coefficient (Wildman–Crippen LogP) is 1.47. The summed E-state index contributed by atoms with van der Waals surface area (Å²) in [7, 11) is 0. The maximum atomic E-state index is 12.7. The lowest BCUT2D eigenvalue weighted by atomic mass is 10.1. The molecule has 0 saturated heterocycles. The van der Waals surface area contributed by atoms with Crippen LogP contribution in [0, 0.1) is 5.82 Å². The molecule has 20 heavy (non-hydrogen) atoms. The number of nitrogens with zero attached hydrogens (tertiary/aromatic N) is 2. The standard InChI is InChI=1S/C12H17F4N3O/c13-9-1-2-11(18-7-9)10(17)3-4-19(5-6-20)8-12(14,15)16/h1-2,7,10,20H,3-6,8,17H2. The molecule has 1 aromatic heterocycles. The smallest absolute Gasteiger partial charge is 0.395 e. The zero-order chi connectivity index (χ0) is 15.2. The third-order valence-corrected chi connectivity index (χ3v) is 2.71. The van der Waals surface area contributed by atoms with E-state index in [-0.39, 0.29) is 26.1 Å². The largest absolute Gasteiger partial charge is 0.401 e. The van der Waals surface area contributed by atoms with Gasteiger partial charge in [0.1, 0.15) is 5.82 Å². The third kappa shape index (κ3) is 6.27. The van der Waals surface area contributed by atoms with E-state index in [0.29, 0.717) is 5.69 Å². The monoisotopic (exact) mass is 295 g/mol. The molecule has 1 heterocycles. The molecule has 3 N–H and O–H groups in total. The van der Waals surface area contributed by atoms with Crippen molar-refractivity contribution >= 4 is 0 Å². The van der Waals surface area contributed by atoms with Gasteiger partial charge in [-0.2, -0.15) is 13.2 Å². The Balaban J connectivity index is 2.51. The molecule has 0 amide bonds. The highest BCUT2D eigenvalue weighted by Gasteiger charge is 2.30. The van der Waals surface area contributed by atoms with Crippen LogP contribution >= 0.6 is 0 Å². The Kier molecular flexibility index (Phi) is 6.31. The molecular weight excluding hydrogens is 278 g/mol. The summed E-state index contributed by atoms with van der Waals surface area (Å²) in [6.45, 7) is -1.47. The van der Waals surface area contributed by atoms with Crippen LogP contribution in [-0.2, 0) is 0 Å². The van der Waals surface area contributed by atoms with E-state index in [1.165, 1.54) is 12.1 Å². The van der Waals surface area contributed by atoms with Crippen LogP contribution in [0.2, 0.25) is 0 Å². The third-order valence-electron chi connectivity index (χ3n) is 2.71. The first-order valence-electron chi connectivity index (χ1n) is 6.09. The summed E-state index contributed by atoms with van der Waals surface area (Å²) in [6, 6.07) is 2.02. The van der Waals surface area contributed by atoms with Crippen LogP contribution in [-0.4, -0.2) is 47.4 Å². The van der Waals surface area contributed by atoms with E-state index in [4.69, 9.17) is 10.8 Å². The summed E-state index contributed by atoms with van der Waals surface area (Å²) in [5, 5.41) is 8.75. The molecule has 1 atom stereocenters. The number of nitrogens with two attached hydrogens (primary N) is 1. The topological polar surface area (TPSA) is 62.4 Å². The quantitative estimate of drug-likeness (QED) is 0.748. The minimum Gasteiger partial charge on any atom is -0.395 e. The Morgan fingerprint density at radius 3 is 2.50 bits per heavy atom. The average molecular weight is 295 g/mol. The molecule has 1 aromatic rings. The van der Waals surface area contributed by atoms with Gasteiger partial charge in [0.05, 0.1) is 25.0 Å². The summed E-state index contributed by atoms with van der Waals surface area (Å²) in [5.41, 5.74) is 6.22. The van der Waals surface area contributed by atoms with Crippen molar-refractivity contribution in [1.82, 2.24) is 9.88 Å². The molecule has 0 spiro atoms. The van der Waals surface area contributed by atoms with Gasteiger partial charge in [-0.1, -0.05) is 0 Å². The van der Waals surface area contributed by atoms with Crippen molar-refractivity contribution in [3.8, 4) is 0 Å². The molecule has 1 rings (SSSR count). The molecule has 0 aliphatic carbocycles. The first-order valence-corrected chi connectivity index (χ1v) is 6.09. The van der Waals surface area contributed by atoms with Gasteiger partial charge in [0.2, 0.25) is 0 Å². The molecule has 0 aliphatic heterocycles. The second-order valence-corrected chi connectivity index (χ2v) is 4.41. The lowest BCUT2D eigenvalue weighted by Crippen LogP contribution is -2.37. The van der Waals surface area contributed by atoms with Gasteiger partial charge in [-0.3, -0.25) is 9.88 Å². The van der Waals surface area contributed by atoms with Gasteiger partial charge in [-0.05, 0) is 18.6 Å². The maximum Gasteiger partial charge on any atom is 0.401 e. The van der Waals surface area contributed by atoms with E-state index in [1.54, 1.807) is 0 Å². The number of halogens is 4. The van der Waals surface area contributed by atoms with E-state index in [9.17, 15) is 17.6 Å². The second-order valence-electron chi connectivity index (χ2n) is 4.41. The Hall–Kier alpha value is -1.25. The van der Waals surface area contributed by atoms with Crippen LogP contribution in [0.5, 0.6) is 0 Å². The van der Waals surface area contributed by atoms with Gasteiger partial charge in [0, 0.05) is 19.1 Å². The summed E-state index contributed by atoms with van der Waals surface area (Å²) in [6.07, 6.45) is -3.08. The highest BCUT2D eigenvalue weighted by Crippen LogP contribution is 2.18. The van der Waals surface area contributed by atoms with Crippen molar-refractivity contribution in [2.45, 2.75) is 18.6 Å². The highest BCUT2D eigenvalue weighted by molar-refractivity contribution is 5.09. The number of aliphatic hydroxyl groups is 1. The Labute approximate surface area is 114 Å². The minimum atomic E-state index is -4.33. The summed E-state index contributed by atoms with van der Waals surface area (Å²) >= 11 is 0. The van der Waals surface area contributed by atoms with Gasteiger partial charge in [-0.15, -0.1) is 0 Å². The molecule has 0 fully saturated rings. The Morgan fingerprint density at radius 2 is 2.00 bits per heavy atom. The Bertz CT molecular complexity index is 397. The van der Waals surface area contributed by atoms with Crippen molar-refractivity contribution in [3.63, 3.8) is 0 Å². The van der Waals surface area contributed by atoms with E-state index in [2.05, 4.69) is 4.98 Å². The molecule has 8 heteroatoms. The van der Waals surface area contributed by atoms with Crippen LogP contribution < -0.4 is 5.73 Å². The fraction of sp³-hybridized carbons (Fsp3) is 0.583. The van der Waals surface area contributed by atoms with E-state index >= 15 is 0 Å². The molecule has 0 aromatic carbocycles. The average Bonchev–Trinajstić information content (AvgIpc) is 2.35.